The lowest BCUT2D eigenvalue weighted by molar-refractivity contribution is -0.118. The Morgan fingerprint density at radius 2 is 1.83 bits per heavy atom. The molecule has 2 aromatic carbocycles. The highest BCUT2D eigenvalue weighted by molar-refractivity contribution is 8.01. The molecule has 1 heterocycles. The number of halogens is 1. The third-order valence-electron chi connectivity index (χ3n) is 3.68. The van der Waals surface area contributed by atoms with Crippen molar-refractivity contribution in [2.45, 2.75) is 10.9 Å². The number of benzene rings is 2. The summed E-state index contributed by atoms with van der Waals surface area (Å²) in [5.41, 5.74) is 1.59. The van der Waals surface area contributed by atoms with E-state index in [2.05, 4.69) is 20.8 Å². The Balaban J connectivity index is 1.44. The lowest BCUT2D eigenvalue weighted by Gasteiger charge is -2.05. The largest absolute Gasteiger partial charge is 0.497 e. The number of nitrogens with one attached hydrogen (secondary N) is 2. The molecule has 3 rings (SSSR count). The fourth-order valence-electron chi connectivity index (χ4n) is 2.20. The van der Waals surface area contributed by atoms with Crippen molar-refractivity contribution in [1.29, 1.82) is 0 Å². The minimum absolute atomic E-state index is 0.131. The SMILES string of the molecule is COc1ccc(CNC(=O)CSc2nnc(C(=O)Nc3ccc(Cl)cc3)s2)cc1. The topological polar surface area (TPSA) is 93.2 Å². The van der Waals surface area contributed by atoms with Crippen LogP contribution in [0.1, 0.15) is 15.4 Å². The van der Waals surface area contributed by atoms with Crippen LogP contribution in [0.5, 0.6) is 5.75 Å². The van der Waals surface area contributed by atoms with E-state index >= 15 is 0 Å². The number of rotatable bonds is 8. The standard InChI is InChI=1S/C19H17ClN4O3S2/c1-27-15-8-2-12(3-9-15)10-21-16(25)11-28-19-24-23-18(29-19)17(26)22-14-6-4-13(20)5-7-14/h2-9H,10-11H2,1H3,(H,21,25)(H,22,26). The number of anilines is 1. The Bertz CT molecular complexity index is 978. The minimum atomic E-state index is -0.361. The van der Waals surface area contributed by atoms with Gasteiger partial charge in [0.15, 0.2) is 4.34 Å². The van der Waals surface area contributed by atoms with Gasteiger partial charge >= 0.3 is 0 Å². The van der Waals surface area contributed by atoms with Crippen molar-refractivity contribution in [2.24, 2.45) is 0 Å². The third kappa shape index (κ3) is 6.45. The molecule has 1 aromatic heterocycles. The first-order valence-corrected chi connectivity index (χ1v) is 10.6. The summed E-state index contributed by atoms with van der Waals surface area (Å²) < 4.78 is 5.65. The smallest absolute Gasteiger partial charge is 0.286 e. The van der Waals surface area contributed by atoms with Crippen molar-refractivity contribution in [2.75, 3.05) is 18.2 Å². The maximum absolute atomic E-state index is 12.2. The molecule has 0 aliphatic rings. The first-order chi connectivity index (χ1) is 14.0. The lowest BCUT2D eigenvalue weighted by atomic mass is 10.2. The predicted molar refractivity (Wildman–Crippen MR) is 115 cm³/mol. The van der Waals surface area contributed by atoms with Gasteiger partial charge < -0.3 is 15.4 Å². The molecule has 0 atom stereocenters. The van der Waals surface area contributed by atoms with Gasteiger partial charge in [0.25, 0.3) is 5.91 Å². The van der Waals surface area contributed by atoms with Crippen LogP contribution in [0.25, 0.3) is 0 Å². The number of amides is 2. The number of thioether (sulfide) groups is 1. The number of hydrogen-bond donors (Lipinski definition) is 2. The number of carbonyl (C=O) groups excluding carboxylic acids is 2. The first-order valence-electron chi connectivity index (χ1n) is 8.46. The number of nitrogens with zero attached hydrogens (tertiary/aromatic N) is 2. The molecular formula is C19H17ClN4O3S2. The van der Waals surface area contributed by atoms with E-state index < -0.39 is 0 Å². The number of carbonyl (C=O) groups is 2. The molecule has 29 heavy (non-hydrogen) atoms. The maximum atomic E-state index is 12.2. The fourth-order valence-corrected chi connectivity index (χ4v) is 3.90. The number of methoxy groups -OCH3 is 1. The van der Waals surface area contributed by atoms with Crippen molar-refractivity contribution in [1.82, 2.24) is 15.5 Å². The van der Waals surface area contributed by atoms with Gasteiger partial charge in [0.1, 0.15) is 5.75 Å². The number of ether oxygens (including phenoxy) is 1. The summed E-state index contributed by atoms with van der Waals surface area (Å²) in [4.78, 5) is 24.3. The molecule has 0 saturated heterocycles. The molecule has 0 radical (unpaired) electrons. The molecule has 0 spiro atoms. The molecular weight excluding hydrogens is 432 g/mol. The van der Waals surface area contributed by atoms with E-state index in [4.69, 9.17) is 16.3 Å². The van der Waals surface area contributed by atoms with Gasteiger partial charge in [-0.2, -0.15) is 0 Å². The summed E-state index contributed by atoms with van der Waals surface area (Å²) >= 11 is 8.19. The van der Waals surface area contributed by atoms with Gasteiger partial charge in [-0.3, -0.25) is 9.59 Å². The summed E-state index contributed by atoms with van der Waals surface area (Å²) in [6, 6.07) is 14.2. The quantitative estimate of drug-likeness (QED) is 0.508. The summed E-state index contributed by atoms with van der Waals surface area (Å²) in [5, 5.41) is 14.2. The second-order valence-electron chi connectivity index (χ2n) is 5.75. The summed E-state index contributed by atoms with van der Waals surface area (Å²) in [5.74, 6) is 0.459. The van der Waals surface area contributed by atoms with E-state index in [0.717, 1.165) is 22.6 Å². The van der Waals surface area contributed by atoms with Crippen LogP contribution in [0.15, 0.2) is 52.9 Å². The van der Waals surface area contributed by atoms with Crippen LogP contribution >= 0.6 is 34.7 Å². The number of aromatic nitrogens is 2. The summed E-state index contributed by atoms with van der Waals surface area (Å²) in [6.07, 6.45) is 0. The second-order valence-corrected chi connectivity index (χ2v) is 8.38. The molecule has 0 aliphatic carbocycles. The molecule has 0 aliphatic heterocycles. The van der Waals surface area contributed by atoms with Crippen LogP contribution in [0.2, 0.25) is 5.02 Å². The predicted octanol–water partition coefficient (Wildman–Crippen LogP) is 3.86. The van der Waals surface area contributed by atoms with Crippen molar-refractivity contribution in [3.05, 3.63) is 64.1 Å². The van der Waals surface area contributed by atoms with E-state index in [-0.39, 0.29) is 22.6 Å². The fraction of sp³-hybridized carbons (Fsp3) is 0.158. The van der Waals surface area contributed by atoms with Crippen LogP contribution in [0.4, 0.5) is 5.69 Å². The molecule has 3 aromatic rings. The Morgan fingerprint density at radius 3 is 2.52 bits per heavy atom. The van der Waals surface area contributed by atoms with Gasteiger partial charge in [0, 0.05) is 17.3 Å². The molecule has 0 fully saturated rings. The highest BCUT2D eigenvalue weighted by Crippen LogP contribution is 2.23. The van der Waals surface area contributed by atoms with Crippen LogP contribution in [-0.4, -0.2) is 34.9 Å². The highest BCUT2D eigenvalue weighted by Gasteiger charge is 2.14. The van der Waals surface area contributed by atoms with Gasteiger partial charge in [-0.05, 0) is 42.0 Å². The van der Waals surface area contributed by atoms with Gasteiger partial charge in [-0.1, -0.05) is 46.8 Å². The highest BCUT2D eigenvalue weighted by atomic mass is 35.5. The molecule has 0 unspecified atom stereocenters. The van der Waals surface area contributed by atoms with Crippen molar-refractivity contribution in [3.63, 3.8) is 0 Å². The van der Waals surface area contributed by atoms with Crippen molar-refractivity contribution in [3.8, 4) is 5.75 Å². The molecule has 2 amide bonds. The van der Waals surface area contributed by atoms with Crippen LogP contribution in [-0.2, 0) is 11.3 Å². The van der Waals surface area contributed by atoms with Gasteiger partial charge in [0.2, 0.25) is 10.9 Å². The molecule has 150 valence electrons. The van der Waals surface area contributed by atoms with E-state index in [1.807, 2.05) is 24.3 Å². The lowest BCUT2D eigenvalue weighted by Crippen LogP contribution is -2.24. The van der Waals surface area contributed by atoms with Crippen molar-refractivity contribution >= 4 is 52.2 Å². The average molecular weight is 449 g/mol. The molecule has 0 saturated carbocycles. The van der Waals surface area contributed by atoms with Crippen molar-refractivity contribution < 1.29 is 14.3 Å². The van der Waals surface area contributed by atoms with Crippen LogP contribution in [0.3, 0.4) is 0 Å². The zero-order valence-corrected chi connectivity index (χ0v) is 17.7. The monoisotopic (exact) mass is 448 g/mol. The van der Waals surface area contributed by atoms with Crippen LogP contribution in [0, 0.1) is 0 Å². The van der Waals surface area contributed by atoms with E-state index in [9.17, 15) is 9.59 Å². The second kappa shape index (κ2) is 10.2. The maximum Gasteiger partial charge on any atom is 0.286 e. The van der Waals surface area contributed by atoms with Gasteiger partial charge in [0.05, 0.1) is 12.9 Å². The Labute approximate surface area is 180 Å². The zero-order chi connectivity index (χ0) is 20.6. The minimum Gasteiger partial charge on any atom is -0.497 e. The zero-order valence-electron chi connectivity index (χ0n) is 15.3. The Morgan fingerprint density at radius 1 is 1.10 bits per heavy atom. The van der Waals surface area contributed by atoms with E-state index in [1.165, 1.54) is 11.8 Å². The van der Waals surface area contributed by atoms with E-state index in [1.54, 1.807) is 31.4 Å². The molecule has 0 bridgehead atoms. The van der Waals surface area contributed by atoms with Gasteiger partial charge in [-0.25, -0.2) is 0 Å². The first kappa shape index (κ1) is 21.1. The average Bonchev–Trinajstić information content (AvgIpc) is 3.22. The van der Waals surface area contributed by atoms with E-state index in [0.29, 0.717) is 21.6 Å². The Kier molecular flexibility index (Phi) is 7.45. The normalized spacial score (nSPS) is 10.4. The van der Waals surface area contributed by atoms with Crippen LogP contribution < -0.4 is 15.4 Å². The molecule has 10 heteroatoms. The number of hydrogen-bond acceptors (Lipinski definition) is 7. The third-order valence-corrected chi connectivity index (χ3v) is 5.99. The molecule has 7 nitrogen and oxygen atoms in total. The van der Waals surface area contributed by atoms with Gasteiger partial charge in [-0.15, -0.1) is 10.2 Å². The Hall–Kier alpha value is -2.62. The summed E-state index contributed by atoms with van der Waals surface area (Å²) in [7, 11) is 1.61. The molecule has 2 N–H and O–H groups in total. The summed E-state index contributed by atoms with van der Waals surface area (Å²) in [6.45, 7) is 0.425.